The topological polar surface area (TPSA) is 64.1 Å². The smallest absolute Gasteiger partial charge is 0.191 e. The van der Waals surface area contributed by atoms with Crippen molar-refractivity contribution in [2.24, 2.45) is 10.9 Å². The first kappa shape index (κ1) is 26.3. The zero-order valence-electron chi connectivity index (χ0n) is 19.6. The van der Waals surface area contributed by atoms with Crippen LogP contribution in [-0.2, 0) is 17.7 Å². The molecule has 0 aromatic heterocycles. The summed E-state index contributed by atoms with van der Waals surface area (Å²) in [7, 11) is 3.50. The van der Waals surface area contributed by atoms with Gasteiger partial charge in [0.15, 0.2) is 5.96 Å². The van der Waals surface area contributed by atoms with Gasteiger partial charge in [-0.3, -0.25) is 4.99 Å². The van der Waals surface area contributed by atoms with Crippen LogP contribution in [0.15, 0.2) is 41.4 Å². The Morgan fingerprint density at radius 1 is 1.06 bits per heavy atom. The summed E-state index contributed by atoms with van der Waals surface area (Å²) in [5.41, 5.74) is 4.73. The molecule has 0 amide bonds. The number of aliphatic imine (C=N–C) groups is 1. The molecule has 1 saturated heterocycles. The van der Waals surface area contributed by atoms with E-state index >= 15 is 0 Å². The maximum atomic E-state index is 6.15. The Morgan fingerprint density at radius 2 is 1.84 bits per heavy atom. The van der Waals surface area contributed by atoms with E-state index in [-0.39, 0.29) is 24.0 Å². The van der Waals surface area contributed by atoms with E-state index in [1.165, 1.54) is 16.7 Å². The van der Waals surface area contributed by atoms with Gasteiger partial charge < -0.3 is 24.8 Å². The molecule has 0 radical (unpaired) electrons. The first-order valence-corrected chi connectivity index (χ1v) is 11.0. The molecule has 0 bridgehead atoms. The van der Waals surface area contributed by atoms with Gasteiger partial charge in [-0.1, -0.05) is 29.8 Å². The predicted molar refractivity (Wildman–Crippen MR) is 141 cm³/mol. The number of rotatable bonds is 9. The molecule has 1 atom stereocenters. The van der Waals surface area contributed by atoms with Crippen molar-refractivity contribution in [3.8, 4) is 11.5 Å². The molecule has 0 aliphatic carbocycles. The number of benzene rings is 2. The van der Waals surface area contributed by atoms with Crippen molar-refractivity contribution >= 4 is 29.9 Å². The molecular weight excluding hydrogens is 517 g/mol. The Labute approximate surface area is 209 Å². The second-order valence-corrected chi connectivity index (χ2v) is 8.07. The highest BCUT2D eigenvalue weighted by molar-refractivity contribution is 14.0. The van der Waals surface area contributed by atoms with E-state index in [4.69, 9.17) is 14.2 Å². The Bertz CT molecular complexity index is 883. The van der Waals surface area contributed by atoms with Crippen LogP contribution in [0.3, 0.4) is 0 Å². The highest BCUT2D eigenvalue weighted by atomic mass is 127. The first-order valence-electron chi connectivity index (χ1n) is 11.0. The molecular formula is C25H36IN3O3. The third-order valence-electron chi connectivity index (χ3n) is 5.51. The summed E-state index contributed by atoms with van der Waals surface area (Å²) >= 11 is 0. The summed E-state index contributed by atoms with van der Waals surface area (Å²) in [5.74, 6) is 3.10. The van der Waals surface area contributed by atoms with Crippen LogP contribution in [0.1, 0.15) is 28.7 Å². The minimum atomic E-state index is 0. The highest BCUT2D eigenvalue weighted by Crippen LogP contribution is 2.23. The molecule has 6 nitrogen and oxygen atoms in total. The molecule has 1 fully saturated rings. The molecule has 0 spiro atoms. The molecule has 0 saturated carbocycles. The number of methoxy groups -OCH3 is 1. The van der Waals surface area contributed by atoms with Gasteiger partial charge in [-0.25, -0.2) is 0 Å². The van der Waals surface area contributed by atoms with Gasteiger partial charge in [0.25, 0.3) is 0 Å². The molecule has 1 heterocycles. The van der Waals surface area contributed by atoms with Gasteiger partial charge in [-0.05, 0) is 49.9 Å². The number of halogens is 1. The Kier molecular flexibility index (Phi) is 11.1. The van der Waals surface area contributed by atoms with E-state index in [2.05, 4.69) is 59.8 Å². The summed E-state index contributed by atoms with van der Waals surface area (Å²) in [6.07, 6.45) is 1.93. The molecule has 176 valence electrons. The number of aryl methyl sites for hydroxylation is 2. The lowest BCUT2D eigenvalue weighted by Crippen LogP contribution is -2.38. The average molecular weight is 553 g/mol. The van der Waals surface area contributed by atoms with E-state index in [1.807, 2.05) is 6.07 Å². The van der Waals surface area contributed by atoms with Crippen LogP contribution < -0.4 is 20.1 Å². The SMILES string of the molecule is CN=C(NCCc1cc(C)ccc1OC)NCc1ccc(C)cc1OCC1CCOC1.I. The highest BCUT2D eigenvalue weighted by Gasteiger charge is 2.17. The van der Waals surface area contributed by atoms with E-state index in [1.54, 1.807) is 14.2 Å². The van der Waals surface area contributed by atoms with Gasteiger partial charge >= 0.3 is 0 Å². The quantitative estimate of drug-likeness (QED) is 0.276. The van der Waals surface area contributed by atoms with Crippen molar-refractivity contribution in [2.75, 3.05) is 40.5 Å². The summed E-state index contributed by atoms with van der Waals surface area (Å²) in [6, 6.07) is 12.6. The summed E-state index contributed by atoms with van der Waals surface area (Å²) in [4.78, 5) is 4.36. The van der Waals surface area contributed by atoms with Gasteiger partial charge in [-0.15, -0.1) is 24.0 Å². The van der Waals surface area contributed by atoms with Crippen molar-refractivity contribution in [3.63, 3.8) is 0 Å². The zero-order valence-corrected chi connectivity index (χ0v) is 21.9. The largest absolute Gasteiger partial charge is 0.496 e. The van der Waals surface area contributed by atoms with Crippen molar-refractivity contribution < 1.29 is 14.2 Å². The van der Waals surface area contributed by atoms with E-state index in [9.17, 15) is 0 Å². The van der Waals surface area contributed by atoms with Gasteiger partial charge in [0.05, 0.1) is 20.3 Å². The van der Waals surface area contributed by atoms with Crippen molar-refractivity contribution in [2.45, 2.75) is 33.2 Å². The van der Waals surface area contributed by atoms with Crippen LogP contribution in [0.4, 0.5) is 0 Å². The fourth-order valence-electron chi connectivity index (χ4n) is 3.68. The number of guanidine groups is 1. The third-order valence-corrected chi connectivity index (χ3v) is 5.51. The number of hydrogen-bond donors (Lipinski definition) is 2. The minimum Gasteiger partial charge on any atom is -0.496 e. The fraction of sp³-hybridized carbons (Fsp3) is 0.480. The number of nitrogens with zero attached hydrogens (tertiary/aromatic N) is 1. The van der Waals surface area contributed by atoms with Crippen molar-refractivity contribution in [1.29, 1.82) is 0 Å². The van der Waals surface area contributed by atoms with Crippen LogP contribution in [0.5, 0.6) is 11.5 Å². The van der Waals surface area contributed by atoms with E-state index < -0.39 is 0 Å². The van der Waals surface area contributed by atoms with Crippen LogP contribution in [0.25, 0.3) is 0 Å². The molecule has 3 rings (SSSR count). The molecule has 1 aliphatic heterocycles. The van der Waals surface area contributed by atoms with Crippen molar-refractivity contribution in [1.82, 2.24) is 10.6 Å². The Hall–Kier alpha value is -2.00. The van der Waals surface area contributed by atoms with E-state index in [0.29, 0.717) is 19.1 Å². The Balaban J connectivity index is 0.00000363. The molecule has 1 unspecified atom stereocenters. The number of hydrogen-bond acceptors (Lipinski definition) is 4. The lowest BCUT2D eigenvalue weighted by atomic mass is 10.1. The Morgan fingerprint density at radius 3 is 2.56 bits per heavy atom. The lowest BCUT2D eigenvalue weighted by molar-refractivity contribution is 0.166. The molecule has 7 heteroatoms. The lowest BCUT2D eigenvalue weighted by Gasteiger charge is -2.17. The number of ether oxygens (including phenoxy) is 3. The van der Waals surface area contributed by atoms with Crippen LogP contribution in [-0.4, -0.2) is 46.5 Å². The van der Waals surface area contributed by atoms with Crippen molar-refractivity contribution in [3.05, 3.63) is 58.7 Å². The number of nitrogens with one attached hydrogen (secondary N) is 2. The summed E-state index contributed by atoms with van der Waals surface area (Å²) in [5, 5.41) is 6.80. The molecule has 1 aliphatic rings. The molecule has 2 aromatic carbocycles. The van der Waals surface area contributed by atoms with Gasteiger partial charge in [0.1, 0.15) is 11.5 Å². The monoisotopic (exact) mass is 553 g/mol. The normalized spacial score (nSPS) is 15.8. The van der Waals surface area contributed by atoms with Crippen LogP contribution in [0.2, 0.25) is 0 Å². The van der Waals surface area contributed by atoms with Gasteiger partial charge in [-0.2, -0.15) is 0 Å². The zero-order chi connectivity index (χ0) is 22.1. The summed E-state index contributed by atoms with van der Waals surface area (Å²) in [6.45, 7) is 7.92. The standard InChI is InChI=1S/C25H35N3O3.HI/c1-18-6-8-23(29-4)21(13-18)9-11-27-25(26-3)28-15-22-7-5-19(2)14-24(22)31-17-20-10-12-30-16-20;/h5-8,13-14,20H,9-12,15-17H2,1-4H3,(H2,26,27,28);1H. The van der Waals surface area contributed by atoms with Gasteiger partial charge in [0.2, 0.25) is 0 Å². The van der Waals surface area contributed by atoms with Gasteiger partial charge in [0, 0.05) is 38.2 Å². The first-order chi connectivity index (χ1) is 15.1. The van der Waals surface area contributed by atoms with E-state index in [0.717, 1.165) is 55.6 Å². The fourth-order valence-corrected chi connectivity index (χ4v) is 3.68. The van der Waals surface area contributed by atoms with Crippen LogP contribution in [0, 0.1) is 19.8 Å². The molecule has 32 heavy (non-hydrogen) atoms. The second-order valence-electron chi connectivity index (χ2n) is 8.07. The maximum Gasteiger partial charge on any atom is 0.191 e. The predicted octanol–water partition coefficient (Wildman–Crippen LogP) is 4.25. The average Bonchev–Trinajstić information content (AvgIpc) is 3.29. The minimum absolute atomic E-state index is 0. The summed E-state index contributed by atoms with van der Waals surface area (Å²) < 4.78 is 17.1. The second kappa shape index (κ2) is 13.5. The maximum absolute atomic E-state index is 6.15. The molecule has 2 aromatic rings. The van der Waals surface area contributed by atoms with Crippen LogP contribution >= 0.6 is 24.0 Å². The third kappa shape index (κ3) is 7.85. The molecule has 2 N–H and O–H groups in total.